The molecule has 6 nitrogen and oxygen atoms in total. The van der Waals surface area contributed by atoms with Crippen molar-refractivity contribution in [3.05, 3.63) is 558 Å². The topological polar surface area (TPSA) is 32.7 Å². The Morgan fingerprint density at radius 2 is 0.616 bits per heavy atom. The molecule has 3 aromatic heterocycles. The maximum absolute atomic E-state index is 6.36. The molecule has 0 radical (unpaired) electrons. The van der Waals surface area contributed by atoms with Crippen molar-refractivity contribution in [2.45, 2.75) is 4.90 Å². The number of aromatic nitrogens is 2. The van der Waals surface area contributed by atoms with Crippen molar-refractivity contribution in [3.8, 4) is 55.9 Å². The number of hydrogen-bond donors (Lipinski definition) is 0. The Labute approximate surface area is 859 Å². The van der Waals surface area contributed by atoms with Gasteiger partial charge in [-0.15, -0.1) is 34.4 Å². The molecule has 27 aromatic rings. The quantitative estimate of drug-likeness (QED) is 0.0901. The Bertz CT molecular complexity index is 9540. The molecule has 0 saturated heterocycles. The maximum Gasteiger partial charge on any atom is 0.137 e. The van der Waals surface area contributed by atoms with Gasteiger partial charge in [0.15, 0.2) is 0 Å². The molecule has 0 amide bonds. The fraction of sp³-hybridized carbons (Fsp3) is 0.00730. The van der Waals surface area contributed by atoms with E-state index in [0.717, 1.165) is 107 Å². The molecule has 0 unspecified atom stereocenters. The van der Waals surface area contributed by atoms with Crippen molar-refractivity contribution in [2.75, 3.05) is 21.0 Å². The van der Waals surface area contributed by atoms with Gasteiger partial charge in [-0.2, -0.15) is 0 Å². The first-order valence-corrected chi connectivity index (χ1v) is 52.3. The first-order chi connectivity index (χ1) is 72.3. The van der Waals surface area contributed by atoms with Crippen molar-refractivity contribution in [3.63, 3.8) is 0 Å². The van der Waals surface area contributed by atoms with Gasteiger partial charge in [-0.1, -0.05) is 340 Å². The summed E-state index contributed by atoms with van der Waals surface area (Å²) < 4.78 is 16.0. The molecule has 0 aliphatic heterocycles. The Balaban J connectivity index is 0.000000114. The summed E-state index contributed by atoms with van der Waals surface area (Å²) in [6.07, 6.45) is 2.14. The minimum atomic E-state index is 0.869. The number of hydrogen-bond acceptors (Lipinski definition) is 7. The molecule has 0 aliphatic carbocycles. The van der Waals surface area contributed by atoms with Gasteiger partial charge in [0.1, 0.15) is 11.2 Å². The van der Waals surface area contributed by atoms with E-state index in [9.17, 15) is 0 Å². The van der Waals surface area contributed by atoms with Crippen molar-refractivity contribution in [1.29, 1.82) is 0 Å². The average Bonchev–Trinajstić information content (AvgIpc) is 1.35. The average molecular weight is 1920 g/mol. The zero-order chi connectivity index (χ0) is 97.2. The van der Waals surface area contributed by atoms with Gasteiger partial charge >= 0.3 is 0 Å². The third kappa shape index (κ3) is 17.7. The highest BCUT2D eigenvalue weighted by Gasteiger charge is 2.24. The summed E-state index contributed by atoms with van der Waals surface area (Å²) in [5.41, 5.74) is 28.0. The van der Waals surface area contributed by atoms with Crippen LogP contribution in [0.3, 0.4) is 0 Å². The molecule has 27 rings (SSSR count). The molecule has 24 aromatic carbocycles. The highest BCUT2D eigenvalue weighted by molar-refractivity contribution is 7.98. The largest absolute Gasteiger partial charge is 0.456 e. The Hall–Kier alpha value is -18.1. The maximum atomic E-state index is 6.36. The summed E-state index contributed by atoms with van der Waals surface area (Å²) in [4.78, 5) is 8.30. The molecule has 0 atom stereocenters. The highest BCUT2D eigenvalue weighted by atomic mass is 32.2. The lowest BCUT2D eigenvalue weighted by atomic mass is 9.93. The molecule has 9 heteroatoms. The summed E-state index contributed by atoms with van der Waals surface area (Å²) >= 11 is 5.42. The van der Waals surface area contributed by atoms with Gasteiger partial charge < -0.3 is 28.3 Å². The van der Waals surface area contributed by atoms with E-state index < -0.39 is 0 Å². The first-order valence-electron chi connectivity index (χ1n) is 49.4. The summed E-state index contributed by atoms with van der Waals surface area (Å²) in [6.45, 7) is 0. The van der Waals surface area contributed by atoms with Crippen molar-refractivity contribution >= 4 is 213 Å². The van der Waals surface area contributed by atoms with Crippen LogP contribution in [-0.2, 0) is 0 Å². The Kier molecular flexibility index (Phi) is 24.3. The van der Waals surface area contributed by atoms with Crippen molar-refractivity contribution in [2.24, 2.45) is 0 Å². The molecule has 146 heavy (non-hydrogen) atoms. The van der Waals surface area contributed by atoms with E-state index >= 15 is 0 Å². The van der Waals surface area contributed by atoms with Crippen LogP contribution in [0.25, 0.3) is 183 Å². The number of benzene rings is 24. The second-order valence-corrected chi connectivity index (χ2v) is 39.7. The molecule has 0 spiro atoms. The minimum absolute atomic E-state index is 0.869. The van der Waals surface area contributed by atoms with E-state index in [1.165, 1.54) is 133 Å². The Morgan fingerprint density at radius 3 is 1.22 bits per heavy atom. The van der Waals surface area contributed by atoms with Crippen LogP contribution in [-0.4, -0.2) is 15.4 Å². The smallest absolute Gasteiger partial charge is 0.137 e. The second-order valence-electron chi connectivity index (χ2n) is 36.6. The Morgan fingerprint density at radius 1 is 0.205 bits per heavy atom. The van der Waals surface area contributed by atoms with Crippen LogP contribution in [0.5, 0.6) is 0 Å². The fourth-order valence-electron chi connectivity index (χ4n) is 20.8. The van der Waals surface area contributed by atoms with Crippen LogP contribution in [0.4, 0.5) is 51.2 Å². The van der Waals surface area contributed by atoms with Crippen LogP contribution < -0.4 is 14.7 Å². The number of anilines is 9. The van der Waals surface area contributed by atoms with Crippen LogP contribution in [0.15, 0.2) is 567 Å². The molecule has 0 aliphatic rings. The highest BCUT2D eigenvalue weighted by Crippen LogP contribution is 2.49. The summed E-state index contributed by atoms with van der Waals surface area (Å²) in [5, 5.41) is 17.0. The van der Waals surface area contributed by atoms with Gasteiger partial charge in [-0.05, 0) is 311 Å². The molecule has 692 valence electrons. The van der Waals surface area contributed by atoms with Crippen LogP contribution in [0.2, 0.25) is 0 Å². The lowest BCUT2D eigenvalue weighted by Gasteiger charge is -2.29. The standard InChI is InChI=1S/C46H30N2OS.C46H32N2S.C45H33NS/c1-2-12-32(13-3-1)47(36-24-26-42-41-19-5-7-22-45(41)49-46(42)29-36)33-14-9-15-34(27-33)48-35-16-10-17-37(28-35)50-38-25-23-31-11-8-20-39(43(31)30-38)40-18-4-6-21-44(40)48;1-4-14-35(15-5-1)47(36-16-6-2-7-17-36)38-26-23-34(24-27-38)41-30-28-39-31-46(41)49-40-29-25-33-13-12-21-42(44(33)32-40)43-20-10-11-22-45(43)48(39)37-18-8-3-9-19-37;1-47-41-28-23-36-17-10-18-42(43(36)31-41)44-29-37-15-8-9-16-38(37)30-45(44)46(39-24-19-34(20-25-39)32-11-4-2-5-12-32)40-26-21-35(22-27-40)33-13-6-3-7-14-33/h1-30H;1-32H;2-31H,1H3. The van der Waals surface area contributed by atoms with E-state index in [0.29, 0.717) is 0 Å². The van der Waals surface area contributed by atoms with Gasteiger partial charge in [0.05, 0.1) is 16.7 Å². The van der Waals surface area contributed by atoms with E-state index in [-0.39, 0.29) is 0 Å². The van der Waals surface area contributed by atoms with E-state index in [2.05, 4.69) is 576 Å². The molecule has 3 heterocycles. The number of para-hydroxylation sites is 7. The van der Waals surface area contributed by atoms with Gasteiger partial charge in [0.25, 0.3) is 0 Å². The summed E-state index contributed by atoms with van der Waals surface area (Å²) in [6, 6.07) is 201. The second kappa shape index (κ2) is 39.8. The van der Waals surface area contributed by atoms with Crippen LogP contribution >= 0.6 is 34.4 Å². The SMILES string of the molecule is CSc1ccc2cccc(-c3cc4ccccc4cc3N(c3ccc(-c4ccccc4)cc3)c3ccc(-c4ccccc4)cc3)c2c1.c1ccc(N(c2cccc(-n3c4cccc(c4)sc4ccc5cccc(c5c4)c4ccccc43)c2)c2ccc3c(c2)oc2ccccc23)cc1.c1ccc(N(c2ccccc2)c2ccc(-c3ccc4cc3sc3ccc5cccc(c5c3)c3ccccc3n4-c3ccccc3)cc2)cc1. The van der Waals surface area contributed by atoms with Crippen LogP contribution in [0.1, 0.15) is 0 Å². The zero-order valence-electron chi connectivity index (χ0n) is 80.0. The molecule has 0 saturated carbocycles. The predicted molar refractivity (Wildman–Crippen MR) is 629 cm³/mol. The third-order valence-electron chi connectivity index (χ3n) is 27.8. The number of thioether (sulfide) groups is 1. The zero-order valence-corrected chi connectivity index (χ0v) is 82.4. The molecule has 0 fully saturated rings. The lowest BCUT2D eigenvalue weighted by molar-refractivity contribution is 0.669. The number of rotatable bonds is 16. The normalized spacial score (nSPS) is 11.3. The molecular formula is C137H95N5OS3. The third-order valence-corrected chi connectivity index (χ3v) is 30.5. The van der Waals surface area contributed by atoms with Gasteiger partial charge in [-0.3, -0.25) is 0 Å². The lowest BCUT2D eigenvalue weighted by Crippen LogP contribution is -2.11. The van der Waals surface area contributed by atoms with Gasteiger partial charge in [0, 0.05) is 125 Å². The summed E-state index contributed by atoms with van der Waals surface area (Å²) in [7, 11) is 0. The first kappa shape index (κ1) is 89.3. The van der Waals surface area contributed by atoms with Crippen LogP contribution in [0, 0.1) is 0 Å². The van der Waals surface area contributed by atoms with Gasteiger partial charge in [0.2, 0.25) is 0 Å². The molecule has 8 bridgehead atoms. The predicted octanol–water partition coefficient (Wildman–Crippen LogP) is 40.2. The van der Waals surface area contributed by atoms with E-state index in [1.54, 1.807) is 23.1 Å². The molecular weight excluding hydrogens is 1830 g/mol. The van der Waals surface area contributed by atoms with E-state index in [4.69, 9.17) is 4.42 Å². The van der Waals surface area contributed by atoms with E-state index in [1.807, 2.05) is 23.5 Å². The van der Waals surface area contributed by atoms with Crippen molar-refractivity contribution in [1.82, 2.24) is 9.13 Å². The van der Waals surface area contributed by atoms with Gasteiger partial charge in [-0.25, -0.2) is 0 Å². The monoisotopic (exact) mass is 1920 g/mol. The fourth-order valence-corrected chi connectivity index (χ4v) is 23.2. The van der Waals surface area contributed by atoms with Crippen molar-refractivity contribution < 1.29 is 4.42 Å². The number of fused-ring (bicyclic) bond motifs is 15. The molecule has 0 N–H and O–H groups in total. The summed E-state index contributed by atoms with van der Waals surface area (Å²) in [5.74, 6) is 0. The number of nitrogens with zero attached hydrogens (tertiary/aromatic N) is 5. The minimum Gasteiger partial charge on any atom is -0.456 e. The number of furan rings is 1.